The molecule has 1 aliphatic carbocycles. The van der Waals surface area contributed by atoms with Crippen molar-refractivity contribution in [3.63, 3.8) is 0 Å². The summed E-state index contributed by atoms with van der Waals surface area (Å²) < 4.78 is 10.2. The van der Waals surface area contributed by atoms with E-state index in [-0.39, 0.29) is 18.2 Å². The van der Waals surface area contributed by atoms with Gasteiger partial charge in [0.1, 0.15) is 11.3 Å². The van der Waals surface area contributed by atoms with Gasteiger partial charge in [-0.25, -0.2) is 14.6 Å². The van der Waals surface area contributed by atoms with E-state index in [0.717, 1.165) is 25.1 Å². The average molecular weight is 347 g/mol. The van der Waals surface area contributed by atoms with Gasteiger partial charge < -0.3 is 19.3 Å². The van der Waals surface area contributed by atoms with Gasteiger partial charge in [-0.2, -0.15) is 0 Å². The molecule has 0 bridgehead atoms. The van der Waals surface area contributed by atoms with Gasteiger partial charge in [-0.15, -0.1) is 0 Å². The number of hydrogen-bond acceptors (Lipinski definition) is 6. The standard InChI is InChI=1S/C18H25N3O4/c1-18(2,3)25-17(23)21-10-9-20(14-7-8-15(14)21)12-5-6-13(19-11-12)16(22)24-4/h5-6,11,14-15H,7-10H2,1-4H3/t14?,15-/m1/s1. The molecule has 1 aromatic heterocycles. The van der Waals surface area contributed by atoms with Crippen LogP contribution in [-0.4, -0.2) is 59.8 Å². The number of pyridine rings is 1. The molecule has 3 rings (SSSR count). The molecule has 0 N–H and O–H groups in total. The number of amides is 1. The van der Waals surface area contributed by atoms with Crippen molar-refractivity contribution in [1.29, 1.82) is 0 Å². The van der Waals surface area contributed by atoms with Crippen LogP contribution < -0.4 is 4.90 Å². The average Bonchev–Trinajstić information content (AvgIpc) is 2.53. The molecule has 1 aliphatic heterocycles. The summed E-state index contributed by atoms with van der Waals surface area (Å²) in [4.78, 5) is 32.2. The molecule has 1 saturated heterocycles. The fourth-order valence-corrected chi connectivity index (χ4v) is 3.39. The first-order valence-corrected chi connectivity index (χ1v) is 8.61. The summed E-state index contributed by atoms with van der Waals surface area (Å²) in [7, 11) is 1.34. The smallest absolute Gasteiger partial charge is 0.410 e. The first-order chi connectivity index (χ1) is 11.8. The van der Waals surface area contributed by atoms with E-state index in [0.29, 0.717) is 12.2 Å². The number of methoxy groups -OCH3 is 1. The molecule has 1 unspecified atom stereocenters. The Balaban J connectivity index is 1.69. The second kappa shape index (κ2) is 6.54. The number of esters is 1. The van der Waals surface area contributed by atoms with Gasteiger partial charge in [-0.3, -0.25) is 0 Å². The van der Waals surface area contributed by atoms with Gasteiger partial charge in [0.2, 0.25) is 0 Å². The summed E-state index contributed by atoms with van der Waals surface area (Å²) in [6.45, 7) is 6.99. The number of hydrogen-bond donors (Lipinski definition) is 0. The lowest BCUT2D eigenvalue weighted by atomic mass is 9.81. The van der Waals surface area contributed by atoms with Gasteiger partial charge >= 0.3 is 12.1 Å². The van der Waals surface area contributed by atoms with Crippen molar-refractivity contribution in [3.05, 3.63) is 24.0 Å². The minimum absolute atomic E-state index is 0.170. The third-order valence-corrected chi connectivity index (χ3v) is 4.69. The summed E-state index contributed by atoms with van der Waals surface area (Å²) >= 11 is 0. The zero-order chi connectivity index (χ0) is 18.2. The monoisotopic (exact) mass is 347 g/mol. The predicted molar refractivity (Wildman–Crippen MR) is 92.7 cm³/mol. The maximum atomic E-state index is 12.4. The number of aromatic nitrogens is 1. The Morgan fingerprint density at radius 3 is 2.40 bits per heavy atom. The quantitative estimate of drug-likeness (QED) is 0.765. The summed E-state index contributed by atoms with van der Waals surface area (Å²) in [6, 6.07) is 4.00. The van der Waals surface area contributed by atoms with Crippen molar-refractivity contribution in [1.82, 2.24) is 9.88 Å². The number of piperazine rings is 1. The van der Waals surface area contributed by atoms with Crippen LogP contribution in [0.1, 0.15) is 44.1 Å². The van der Waals surface area contributed by atoms with Crippen LogP contribution in [0.15, 0.2) is 18.3 Å². The lowest BCUT2D eigenvalue weighted by Gasteiger charge is -2.54. The van der Waals surface area contributed by atoms with Crippen molar-refractivity contribution in [2.24, 2.45) is 0 Å². The SMILES string of the molecule is COC(=O)c1ccc(N2CCN(C(=O)OC(C)(C)C)[C@@H]3CCC32)cn1. The van der Waals surface area contributed by atoms with Gasteiger partial charge in [0.25, 0.3) is 0 Å². The van der Waals surface area contributed by atoms with E-state index in [4.69, 9.17) is 4.74 Å². The highest BCUT2D eigenvalue weighted by atomic mass is 16.6. The molecule has 2 aliphatic rings. The van der Waals surface area contributed by atoms with Crippen LogP contribution in [0, 0.1) is 0 Å². The van der Waals surface area contributed by atoms with Gasteiger partial charge in [-0.1, -0.05) is 0 Å². The Morgan fingerprint density at radius 2 is 1.88 bits per heavy atom. The van der Waals surface area contributed by atoms with Crippen molar-refractivity contribution < 1.29 is 19.1 Å². The molecule has 0 spiro atoms. The number of ether oxygens (including phenoxy) is 2. The molecule has 7 nitrogen and oxygen atoms in total. The molecule has 1 amide bonds. The fraction of sp³-hybridized carbons (Fsp3) is 0.611. The van der Waals surface area contributed by atoms with Crippen molar-refractivity contribution >= 4 is 17.7 Å². The third-order valence-electron chi connectivity index (χ3n) is 4.69. The van der Waals surface area contributed by atoms with Crippen LogP contribution in [0.4, 0.5) is 10.5 Å². The lowest BCUT2D eigenvalue weighted by molar-refractivity contribution is -0.00447. The summed E-state index contributed by atoms with van der Waals surface area (Å²) in [5.74, 6) is -0.442. The lowest BCUT2D eigenvalue weighted by Crippen LogP contribution is -2.66. The predicted octanol–water partition coefficient (Wildman–Crippen LogP) is 2.46. The maximum Gasteiger partial charge on any atom is 0.410 e. The highest BCUT2D eigenvalue weighted by Crippen LogP contribution is 2.37. The second-order valence-electron chi connectivity index (χ2n) is 7.47. The van der Waals surface area contributed by atoms with Crippen molar-refractivity contribution in [3.8, 4) is 0 Å². The van der Waals surface area contributed by atoms with Crippen LogP contribution >= 0.6 is 0 Å². The highest BCUT2D eigenvalue weighted by molar-refractivity contribution is 5.87. The maximum absolute atomic E-state index is 12.4. The van der Waals surface area contributed by atoms with E-state index in [2.05, 4.69) is 14.6 Å². The van der Waals surface area contributed by atoms with Crippen LogP contribution in [-0.2, 0) is 9.47 Å². The van der Waals surface area contributed by atoms with E-state index in [1.807, 2.05) is 31.7 Å². The summed E-state index contributed by atoms with van der Waals surface area (Å²) in [6.07, 6.45) is 3.47. The topological polar surface area (TPSA) is 72.0 Å². The molecule has 0 radical (unpaired) electrons. The number of nitrogens with zero attached hydrogens (tertiary/aromatic N) is 3. The van der Waals surface area contributed by atoms with Gasteiger partial charge in [-0.05, 0) is 45.7 Å². The molecule has 2 atom stereocenters. The van der Waals surface area contributed by atoms with Gasteiger partial charge in [0.15, 0.2) is 0 Å². The molecule has 1 aromatic rings. The second-order valence-corrected chi connectivity index (χ2v) is 7.47. The Labute approximate surface area is 147 Å². The molecular weight excluding hydrogens is 322 g/mol. The molecule has 136 valence electrons. The zero-order valence-corrected chi connectivity index (χ0v) is 15.2. The minimum atomic E-state index is -0.485. The molecular formula is C18H25N3O4. The summed E-state index contributed by atoms with van der Waals surface area (Å²) in [5.41, 5.74) is 0.774. The zero-order valence-electron chi connectivity index (χ0n) is 15.2. The van der Waals surface area contributed by atoms with Crippen LogP contribution in [0.3, 0.4) is 0 Å². The third kappa shape index (κ3) is 3.55. The molecule has 0 aromatic carbocycles. The molecule has 7 heteroatoms. The van der Waals surface area contributed by atoms with E-state index in [1.54, 1.807) is 12.3 Å². The first kappa shape index (κ1) is 17.5. The van der Waals surface area contributed by atoms with Crippen LogP contribution in [0.25, 0.3) is 0 Å². The first-order valence-electron chi connectivity index (χ1n) is 8.61. The van der Waals surface area contributed by atoms with Crippen LogP contribution in [0.2, 0.25) is 0 Å². The highest BCUT2D eigenvalue weighted by Gasteiger charge is 2.46. The number of anilines is 1. The van der Waals surface area contributed by atoms with Gasteiger partial charge in [0.05, 0.1) is 25.0 Å². The normalized spacial score (nSPS) is 22.7. The van der Waals surface area contributed by atoms with E-state index >= 15 is 0 Å². The molecule has 1 saturated carbocycles. The van der Waals surface area contributed by atoms with Crippen molar-refractivity contribution in [2.45, 2.75) is 51.3 Å². The summed E-state index contributed by atoms with van der Waals surface area (Å²) in [5, 5.41) is 0. The number of rotatable bonds is 2. The van der Waals surface area contributed by atoms with E-state index in [1.165, 1.54) is 7.11 Å². The number of carbonyl (C=O) groups is 2. The Kier molecular flexibility index (Phi) is 4.58. The molecule has 25 heavy (non-hydrogen) atoms. The minimum Gasteiger partial charge on any atom is -0.464 e. The molecule has 2 heterocycles. The van der Waals surface area contributed by atoms with Crippen LogP contribution in [0.5, 0.6) is 0 Å². The van der Waals surface area contributed by atoms with E-state index < -0.39 is 11.6 Å². The number of fused-ring (bicyclic) bond motifs is 1. The number of carbonyl (C=O) groups excluding carboxylic acids is 2. The van der Waals surface area contributed by atoms with E-state index in [9.17, 15) is 9.59 Å². The Morgan fingerprint density at radius 1 is 1.16 bits per heavy atom. The fourth-order valence-electron chi connectivity index (χ4n) is 3.39. The Bertz CT molecular complexity index is 653. The Hall–Kier alpha value is -2.31. The van der Waals surface area contributed by atoms with Gasteiger partial charge in [0, 0.05) is 19.1 Å². The molecule has 2 fully saturated rings. The largest absolute Gasteiger partial charge is 0.464 e. The van der Waals surface area contributed by atoms with Crippen molar-refractivity contribution in [2.75, 3.05) is 25.1 Å².